The molecule has 0 saturated heterocycles. The van der Waals surface area contributed by atoms with Crippen LogP contribution in [0.4, 0.5) is 0 Å². The topological polar surface area (TPSA) is 49.4 Å². The van der Waals surface area contributed by atoms with Crippen molar-refractivity contribution >= 4 is 35.2 Å². The Morgan fingerprint density at radius 1 is 0.917 bits per heavy atom. The van der Waals surface area contributed by atoms with Gasteiger partial charge >= 0.3 is 0 Å². The summed E-state index contributed by atoms with van der Waals surface area (Å²) in [5, 5.41) is 3.75. The maximum atomic E-state index is 13.6. The van der Waals surface area contributed by atoms with Crippen molar-refractivity contribution in [3.05, 3.63) is 106 Å². The van der Waals surface area contributed by atoms with Crippen LogP contribution in [0, 0.1) is 6.92 Å². The molecule has 0 aliphatic heterocycles. The number of hydrogen-bond donors (Lipinski definition) is 1. The van der Waals surface area contributed by atoms with E-state index in [1.54, 1.807) is 16.7 Å². The lowest BCUT2D eigenvalue weighted by molar-refractivity contribution is -0.139. The maximum Gasteiger partial charge on any atom is 0.243 e. The zero-order valence-corrected chi connectivity index (χ0v) is 22.8. The predicted octanol–water partition coefficient (Wildman–Crippen LogP) is 6.44. The van der Waals surface area contributed by atoms with Crippen molar-refractivity contribution in [2.75, 3.05) is 5.75 Å². The van der Waals surface area contributed by atoms with E-state index in [2.05, 4.69) is 36.5 Å². The van der Waals surface area contributed by atoms with Crippen molar-refractivity contribution < 1.29 is 9.59 Å². The number of aryl methyl sites for hydroxylation is 1. The summed E-state index contributed by atoms with van der Waals surface area (Å²) >= 11 is 7.66. The van der Waals surface area contributed by atoms with Gasteiger partial charge in [0.25, 0.3) is 0 Å². The van der Waals surface area contributed by atoms with E-state index in [1.807, 2.05) is 68.4 Å². The van der Waals surface area contributed by atoms with E-state index in [0.717, 1.165) is 23.3 Å². The van der Waals surface area contributed by atoms with Gasteiger partial charge in [0.15, 0.2) is 0 Å². The lowest BCUT2D eigenvalue weighted by Crippen LogP contribution is -2.52. The highest BCUT2D eigenvalue weighted by molar-refractivity contribution is 7.99. The first kappa shape index (κ1) is 27.8. The van der Waals surface area contributed by atoms with Crippen LogP contribution in [0.2, 0.25) is 5.02 Å². The fourth-order valence-electron chi connectivity index (χ4n) is 3.80. The number of carbonyl (C=O) groups excluding carboxylic acids is 2. The van der Waals surface area contributed by atoms with E-state index >= 15 is 0 Å². The minimum absolute atomic E-state index is 0.0270. The van der Waals surface area contributed by atoms with Gasteiger partial charge in [0.05, 0.1) is 5.75 Å². The molecule has 3 aromatic rings. The first-order valence-electron chi connectivity index (χ1n) is 12.4. The van der Waals surface area contributed by atoms with Crippen LogP contribution in [0.25, 0.3) is 0 Å². The molecule has 0 heterocycles. The molecule has 0 unspecified atom stereocenters. The van der Waals surface area contributed by atoms with Crippen molar-refractivity contribution in [3.63, 3.8) is 0 Å². The fourth-order valence-corrected chi connectivity index (χ4v) is 4.80. The van der Waals surface area contributed by atoms with Crippen LogP contribution in [0.5, 0.6) is 0 Å². The van der Waals surface area contributed by atoms with Crippen LogP contribution in [0.1, 0.15) is 42.5 Å². The number of hydrogen-bond acceptors (Lipinski definition) is 3. The summed E-state index contributed by atoms with van der Waals surface area (Å²) in [5.74, 6) is 0.855. The second-order valence-corrected chi connectivity index (χ2v) is 10.6. The smallest absolute Gasteiger partial charge is 0.243 e. The Hall–Kier alpha value is -2.76. The van der Waals surface area contributed by atoms with E-state index in [-0.39, 0.29) is 17.9 Å². The van der Waals surface area contributed by atoms with Crippen molar-refractivity contribution in [2.45, 2.75) is 58.0 Å². The number of benzene rings is 3. The Labute approximate surface area is 224 Å². The minimum atomic E-state index is -0.621. The van der Waals surface area contributed by atoms with E-state index in [1.165, 1.54) is 11.1 Å². The largest absolute Gasteiger partial charge is 0.352 e. The average molecular weight is 523 g/mol. The molecule has 0 radical (unpaired) electrons. The molecule has 2 atom stereocenters. The number of halogens is 1. The molecule has 0 aliphatic rings. The molecule has 6 heteroatoms. The molecular formula is C30H35ClN2O2S. The van der Waals surface area contributed by atoms with Gasteiger partial charge in [-0.3, -0.25) is 9.59 Å². The van der Waals surface area contributed by atoms with E-state index in [9.17, 15) is 9.59 Å². The number of amides is 2. The molecule has 0 bridgehead atoms. The minimum Gasteiger partial charge on any atom is -0.352 e. The predicted molar refractivity (Wildman–Crippen MR) is 151 cm³/mol. The summed E-state index contributed by atoms with van der Waals surface area (Å²) in [4.78, 5) is 28.9. The van der Waals surface area contributed by atoms with Crippen LogP contribution in [-0.2, 0) is 28.3 Å². The fraction of sp³-hybridized carbons (Fsp3) is 0.333. The first-order chi connectivity index (χ1) is 17.4. The molecule has 3 rings (SSSR count). The SMILES string of the molecule is CC[C@H](C)NC(=O)[C@@H](Cc1ccccc1)N(Cc1ccc(Cl)cc1)C(=O)CSCc1ccc(C)cc1. The molecular weight excluding hydrogens is 488 g/mol. The van der Waals surface area contributed by atoms with Gasteiger partial charge < -0.3 is 10.2 Å². The van der Waals surface area contributed by atoms with Crippen molar-refractivity contribution in [3.8, 4) is 0 Å². The number of rotatable bonds is 12. The Kier molecular flexibility index (Phi) is 10.9. The summed E-state index contributed by atoms with van der Waals surface area (Å²) in [5.41, 5.74) is 4.34. The second kappa shape index (κ2) is 14.1. The Bertz CT molecular complexity index is 1100. The van der Waals surface area contributed by atoms with Gasteiger partial charge in [0.1, 0.15) is 6.04 Å². The molecule has 190 valence electrons. The van der Waals surface area contributed by atoms with Gasteiger partial charge in [-0.15, -0.1) is 11.8 Å². The molecule has 3 aromatic carbocycles. The van der Waals surface area contributed by atoms with Crippen LogP contribution in [-0.4, -0.2) is 34.6 Å². The quantitative estimate of drug-likeness (QED) is 0.298. The number of nitrogens with zero attached hydrogens (tertiary/aromatic N) is 1. The summed E-state index contributed by atoms with van der Waals surface area (Å²) in [6.45, 7) is 6.43. The Balaban J connectivity index is 1.84. The molecule has 0 fully saturated rings. The van der Waals surface area contributed by atoms with Crippen molar-refractivity contribution in [2.24, 2.45) is 0 Å². The highest BCUT2D eigenvalue weighted by Gasteiger charge is 2.30. The van der Waals surface area contributed by atoms with Gasteiger partial charge in [-0.2, -0.15) is 0 Å². The summed E-state index contributed by atoms with van der Waals surface area (Å²) in [6, 6.07) is 25.1. The summed E-state index contributed by atoms with van der Waals surface area (Å²) in [6.07, 6.45) is 1.27. The van der Waals surface area contributed by atoms with Gasteiger partial charge in [0, 0.05) is 29.8 Å². The highest BCUT2D eigenvalue weighted by Crippen LogP contribution is 2.20. The summed E-state index contributed by atoms with van der Waals surface area (Å²) < 4.78 is 0. The lowest BCUT2D eigenvalue weighted by Gasteiger charge is -2.32. The van der Waals surface area contributed by atoms with Crippen molar-refractivity contribution in [1.29, 1.82) is 0 Å². The third-order valence-corrected chi connectivity index (χ3v) is 7.39. The second-order valence-electron chi connectivity index (χ2n) is 9.15. The molecule has 0 spiro atoms. The van der Waals surface area contributed by atoms with Gasteiger partial charge in [-0.05, 0) is 49.1 Å². The molecule has 36 heavy (non-hydrogen) atoms. The average Bonchev–Trinajstić information content (AvgIpc) is 2.88. The Morgan fingerprint density at radius 3 is 2.19 bits per heavy atom. The van der Waals surface area contributed by atoms with E-state index < -0.39 is 6.04 Å². The molecule has 4 nitrogen and oxygen atoms in total. The van der Waals surface area contributed by atoms with Crippen LogP contribution < -0.4 is 5.32 Å². The van der Waals surface area contributed by atoms with E-state index in [0.29, 0.717) is 23.7 Å². The molecule has 2 amide bonds. The van der Waals surface area contributed by atoms with Crippen molar-refractivity contribution in [1.82, 2.24) is 10.2 Å². The normalized spacial score (nSPS) is 12.6. The lowest BCUT2D eigenvalue weighted by atomic mass is 10.0. The van der Waals surface area contributed by atoms with Crippen LogP contribution in [0.3, 0.4) is 0 Å². The van der Waals surface area contributed by atoms with E-state index in [4.69, 9.17) is 11.6 Å². The summed E-state index contributed by atoms with van der Waals surface area (Å²) in [7, 11) is 0. The first-order valence-corrected chi connectivity index (χ1v) is 13.9. The molecule has 0 aliphatic carbocycles. The van der Waals surface area contributed by atoms with Crippen LogP contribution >= 0.6 is 23.4 Å². The van der Waals surface area contributed by atoms with Crippen LogP contribution in [0.15, 0.2) is 78.9 Å². The number of carbonyl (C=O) groups is 2. The maximum absolute atomic E-state index is 13.6. The number of nitrogens with one attached hydrogen (secondary N) is 1. The van der Waals surface area contributed by atoms with Gasteiger partial charge in [-0.1, -0.05) is 90.8 Å². The zero-order valence-electron chi connectivity index (χ0n) is 21.2. The molecule has 0 saturated carbocycles. The van der Waals surface area contributed by atoms with Gasteiger partial charge in [-0.25, -0.2) is 0 Å². The Morgan fingerprint density at radius 2 is 1.56 bits per heavy atom. The molecule has 1 N–H and O–H groups in total. The third kappa shape index (κ3) is 8.72. The monoisotopic (exact) mass is 522 g/mol. The highest BCUT2D eigenvalue weighted by atomic mass is 35.5. The third-order valence-electron chi connectivity index (χ3n) is 6.15. The van der Waals surface area contributed by atoms with Gasteiger partial charge in [0.2, 0.25) is 11.8 Å². The zero-order chi connectivity index (χ0) is 25.9. The number of thioether (sulfide) groups is 1. The molecule has 0 aromatic heterocycles. The standard InChI is InChI=1S/C30H35ClN2O2S/c1-4-23(3)32-30(35)28(18-24-8-6-5-7-9-24)33(19-25-14-16-27(31)17-15-25)29(34)21-36-20-26-12-10-22(2)11-13-26/h5-17,23,28H,4,18-21H2,1-3H3,(H,32,35)/t23-,28+/m0/s1.